The number of hydrogen-bond acceptors (Lipinski definition) is 6. The molecule has 1 aliphatic heterocycles. The van der Waals surface area contributed by atoms with Crippen molar-refractivity contribution in [2.75, 3.05) is 16.8 Å². The van der Waals surface area contributed by atoms with E-state index in [1.165, 1.54) is 17.0 Å². The smallest absolute Gasteiger partial charge is 0.342 e. The lowest BCUT2D eigenvalue weighted by Gasteiger charge is -2.27. The summed E-state index contributed by atoms with van der Waals surface area (Å²) in [5, 5.41) is 21.7. The molecule has 0 bridgehead atoms. The van der Waals surface area contributed by atoms with Gasteiger partial charge in [-0.25, -0.2) is 4.79 Å². The predicted molar refractivity (Wildman–Crippen MR) is 96.7 cm³/mol. The molecule has 2 aromatic rings. The fourth-order valence-electron chi connectivity index (χ4n) is 2.94. The molecule has 0 spiro atoms. The zero-order valence-corrected chi connectivity index (χ0v) is 14.5. The molecule has 0 aliphatic carbocycles. The Hall–Kier alpha value is -3.55. The molecule has 3 N–H and O–H groups in total. The van der Waals surface area contributed by atoms with Gasteiger partial charge in [-0.1, -0.05) is 12.1 Å². The Labute approximate surface area is 155 Å². The van der Waals surface area contributed by atoms with Gasteiger partial charge >= 0.3 is 5.97 Å². The van der Waals surface area contributed by atoms with Crippen molar-refractivity contribution in [2.45, 2.75) is 19.4 Å². The number of aromatic hydroxyl groups is 2. The first-order valence-electron chi connectivity index (χ1n) is 8.27. The van der Waals surface area contributed by atoms with Crippen LogP contribution in [-0.2, 0) is 14.3 Å². The van der Waals surface area contributed by atoms with Gasteiger partial charge in [0.05, 0.1) is 11.4 Å². The molecule has 0 fully saturated rings. The molecule has 0 radical (unpaired) electrons. The Kier molecular flexibility index (Phi) is 4.98. The Balaban J connectivity index is 1.77. The number of phenolic OH excluding ortho intramolecular Hbond substituents is 2. The highest BCUT2D eigenvalue weighted by atomic mass is 16.5. The molecule has 0 aromatic heterocycles. The van der Waals surface area contributed by atoms with Gasteiger partial charge < -0.3 is 25.2 Å². The molecule has 3 rings (SSSR count). The normalized spacial score (nSPS) is 16.1. The number of carbonyl (C=O) groups is 3. The van der Waals surface area contributed by atoms with E-state index in [0.717, 1.165) is 6.07 Å². The summed E-state index contributed by atoms with van der Waals surface area (Å²) < 4.78 is 5.02. The summed E-state index contributed by atoms with van der Waals surface area (Å²) in [6.45, 7) is 1.17. The minimum Gasteiger partial charge on any atom is -0.508 e. The molecule has 1 aliphatic rings. The summed E-state index contributed by atoms with van der Waals surface area (Å²) >= 11 is 0. The summed E-state index contributed by atoms with van der Waals surface area (Å²) in [7, 11) is 0. The third kappa shape index (κ3) is 3.84. The first-order chi connectivity index (χ1) is 12.9. The van der Waals surface area contributed by atoms with E-state index in [9.17, 15) is 24.6 Å². The third-order valence-electron chi connectivity index (χ3n) is 4.16. The topological polar surface area (TPSA) is 116 Å². The Morgan fingerprint density at radius 2 is 1.96 bits per heavy atom. The summed E-state index contributed by atoms with van der Waals surface area (Å²) in [6.07, 6.45) is 0.104. The largest absolute Gasteiger partial charge is 0.508 e. The molecule has 0 saturated heterocycles. The van der Waals surface area contributed by atoms with Crippen LogP contribution in [0.5, 0.6) is 11.5 Å². The second-order valence-electron chi connectivity index (χ2n) is 6.16. The molecule has 8 heteroatoms. The first kappa shape index (κ1) is 18.2. The average molecular weight is 370 g/mol. The summed E-state index contributed by atoms with van der Waals surface area (Å²) in [4.78, 5) is 38.2. The highest BCUT2D eigenvalue weighted by Crippen LogP contribution is 2.31. The van der Waals surface area contributed by atoms with Crippen molar-refractivity contribution in [1.29, 1.82) is 0 Å². The lowest BCUT2D eigenvalue weighted by atomic mass is 10.1. The number of nitrogens with one attached hydrogen (secondary N) is 1. The second kappa shape index (κ2) is 7.36. The maximum Gasteiger partial charge on any atom is 0.342 e. The number of fused-ring (bicyclic) bond motifs is 1. The highest BCUT2D eigenvalue weighted by Gasteiger charge is 2.30. The zero-order chi connectivity index (χ0) is 19.6. The van der Waals surface area contributed by atoms with Gasteiger partial charge in [0.25, 0.3) is 5.91 Å². The molecule has 0 unspecified atom stereocenters. The number of nitrogens with zero attached hydrogens (tertiary/aromatic N) is 1. The summed E-state index contributed by atoms with van der Waals surface area (Å²) in [5.41, 5.74) is 0.855. The molecule has 1 atom stereocenters. The van der Waals surface area contributed by atoms with Gasteiger partial charge in [0.2, 0.25) is 5.91 Å². The number of hydrogen-bond donors (Lipinski definition) is 3. The van der Waals surface area contributed by atoms with Crippen molar-refractivity contribution in [1.82, 2.24) is 0 Å². The Morgan fingerprint density at radius 1 is 1.22 bits per heavy atom. The molecular weight excluding hydrogens is 352 g/mol. The molecule has 2 amide bonds. The van der Waals surface area contributed by atoms with Crippen molar-refractivity contribution in [3.63, 3.8) is 0 Å². The summed E-state index contributed by atoms with van der Waals surface area (Å²) in [5.74, 6) is -2.26. The minimum atomic E-state index is -0.897. The molecule has 0 saturated carbocycles. The number of ether oxygens (including phenoxy) is 1. The van der Waals surface area contributed by atoms with Gasteiger partial charge in [0, 0.05) is 18.5 Å². The van der Waals surface area contributed by atoms with Crippen LogP contribution < -0.4 is 10.2 Å². The van der Waals surface area contributed by atoms with Crippen LogP contribution in [-0.4, -0.2) is 40.6 Å². The van der Waals surface area contributed by atoms with Crippen LogP contribution in [0.3, 0.4) is 0 Å². The van der Waals surface area contributed by atoms with Crippen molar-refractivity contribution >= 4 is 29.2 Å². The monoisotopic (exact) mass is 370 g/mol. The van der Waals surface area contributed by atoms with Crippen molar-refractivity contribution < 1.29 is 29.3 Å². The zero-order valence-electron chi connectivity index (χ0n) is 14.5. The van der Waals surface area contributed by atoms with E-state index in [0.29, 0.717) is 11.4 Å². The predicted octanol–water partition coefficient (Wildman–Crippen LogP) is 2.02. The fraction of sp³-hybridized carbons (Fsp3) is 0.211. The maximum absolute atomic E-state index is 12.7. The van der Waals surface area contributed by atoms with E-state index in [-0.39, 0.29) is 23.6 Å². The van der Waals surface area contributed by atoms with Gasteiger partial charge in [-0.3, -0.25) is 9.59 Å². The van der Waals surface area contributed by atoms with E-state index in [1.54, 1.807) is 31.2 Å². The number of para-hydroxylation sites is 2. The number of anilines is 2. The molecule has 140 valence electrons. The number of rotatable bonds is 3. The first-order valence-corrected chi connectivity index (χ1v) is 8.27. The van der Waals surface area contributed by atoms with Gasteiger partial charge in [-0.05, 0) is 31.2 Å². The van der Waals surface area contributed by atoms with Crippen LogP contribution in [0.25, 0.3) is 0 Å². The van der Waals surface area contributed by atoms with Crippen LogP contribution in [0.15, 0.2) is 42.5 Å². The van der Waals surface area contributed by atoms with Crippen LogP contribution in [0.4, 0.5) is 11.4 Å². The van der Waals surface area contributed by atoms with Crippen molar-refractivity contribution in [3.05, 3.63) is 48.0 Å². The van der Waals surface area contributed by atoms with Crippen LogP contribution >= 0.6 is 0 Å². The lowest BCUT2D eigenvalue weighted by molar-refractivity contribution is -0.122. The van der Waals surface area contributed by atoms with E-state index in [4.69, 9.17) is 4.74 Å². The molecular formula is C19H18N2O6. The van der Waals surface area contributed by atoms with Crippen molar-refractivity contribution in [2.24, 2.45) is 0 Å². The number of carbonyl (C=O) groups excluding carboxylic acids is 3. The number of benzene rings is 2. The number of esters is 1. The van der Waals surface area contributed by atoms with Crippen LogP contribution in [0.2, 0.25) is 0 Å². The van der Waals surface area contributed by atoms with Gasteiger partial charge in [0.15, 0.2) is 6.61 Å². The Morgan fingerprint density at radius 3 is 2.70 bits per heavy atom. The molecule has 1 heterocycles. The quantitative estimate of drug-likeness (QED) is 0.712. The van der Waals surface area contributed by atoms with E-state index >= 15 is 0 Å². The van der Waals surface area contributed by atoms with Crippen LogP contribution in [0, 0.1) is 0 Å². The number of phenols is 2. The highest BCUT2D eigenvalue weighted by molar-refractivity contribution is 6.05. The third-order valence-corrected chi connectivity index (χ3v) is 4.16. The molecule has 8 nitrogen and oxygen atoms in total. The van der Waals surface area contributed by atoms with Crippen molar-refractivity contribution in [3.8, 4) is 11.5 Å². The Bertz CT molecular complexity index is 911. The van der Waals surface area contributed by atoms with Gasteiger partial charge in [-0.15, -0.1) is 0 Å². The second-order valence-corrected chi connectivity index (χ2v) is 6.16. The van der Waals surface area contributed by atoms with E-state index in [1.807, 2.05) is 0 Å². The minimum absolute atomic E-state index is 0.104. The molecule has 2 aromatic carbocycles. The summed E-state index contributed by atoms with van der Waals surface area (Å²) in [6, 6.07) is 9.86. The number of amides is 2. The average Bonchev–Trinajstić information content (AvgIpc) is 2.73. The SMILES string of the molecule is C[C@H]1CC(=O)Nc2ccccc2N1C(=O)COC(=O)c1ccc(O)cc1O. The lowest BCUT2D eigenvalue weighted by Crippen LogP contribution is -2.41. The van der Waals surface area contributed by atoms with Crippen LogP contribution in [0.1, 0.15) is 23.7 Å². The maximum atomic E-state index is 12.7. The van der Waals surface area contributed by atoms with E-state index < -0.39 is 30.3 Å². The van der Waals surface area contributed by atoms with Gasteiger partial charge in [0.1, 0.15) is 17.1 Å². The van der Waals surface area contributed by atoms with E-state index in [2.05, 4.69) is 5.32 Å². The molecule has 27 heavy (non-hydrogen) atoms. The van der Waals surface area contributed by atoms with Gasteiger partial charge in [-0.2, -0.15) is 0 Å². The fourth-order valence-corrected chi connectivity index (χ4v) is 2.94. The standard InChI is InChI=1S/C19H18N2O6/c1-11-8-17(24)20-14-4-2-3-5-15(14)21(11)18(25)10-27-19(26)13-7-6-12(22)9-16(13)23/h2-7,9,11,22-23H,8,10H2,1H3,(H,20,24)/t11-/m0/s1.